The summed E-state index contributed by atoms with van der Waals surface area (Å²) < 4.78 is 6.86. The molecule has 1 aromatic heterocycles. The summed E-state index contributed by atoms with van der Waals surface area (Å²) in [4.78, 5) is 9.79. The van der Waals surface area contributed by atoms with Crippen molar-refractivity contribution in [1.82, 2.24) is 4.98 Å². The largest absolute Gasteiger partial charge is 0.434 e. The van der Waals surface area contributed by atoms with Gasteiger partial charge in [0, 0.05) is 28.3 Å². The standard InChI is InChI=1S/C49H35N3O/c1-6-16-36(17-7-1)38-26-30-43(31-27-38)51(41-22-12-4-13-23-41)45-34-35-46(48-47(45)50-49(53-48)40-20-10-3-11-21-40)52(42-24-14-5-15-25-42)44-32-28-39(29-33-44)37-18-8-2-9-19-37/h1-35H. The second-order valence-corrected chi connectivity index (χ2v) is 12.8. The van der Waals surface area contributed by atoms with E-state index in [1.807, 2.05) is 54.6 Å². The quantitative estimate of drug-likeness (QED) is 0.152. The zero-order valence-corrected chi connectivity index (χ0v) is 29.0. The molecule has 4 heteroatoms. The van der Waals surface area contributed by atoms with E-state index in [1.165, 1.54) is 11.1 Å². The molecule has 0 aliphatic heterocycles. The van der Waals surface area contributed by atoms with Gasteiger partial charge in [0.1, 0.15) is 5.52 Å². The third-order valence-electron chi connectivity index (χ3n) is 9.50. The molecule has 0 spiro atoms. The first-order valence-corrected chi connectivity index (χ1v) is 17.8. The fourth-order valence-corrected chi connectivity index (χ4v) is 6.92. The van der Waals surface area contributed by atoms with E-state index in [1.54, 1.807) is 0 Å². The Bertz CT molecular complexity index is 2410. The molecule has 4 nitrogen and oxygen atoms in total. The molecular weight excluding hydrogens is 647 g/mol. The molecule has 0 unspecified atom stereocenters. The van der Waals surface area contributed by atoms with Crippen LogP contribution in [0.15, 0.2) is 217 Å². The van der Waals surface area contributed by atoms with Crippen molar-refractivity contribution in [3.8, 4) is 33.7 Å². The Hall–Kier alpha value is -7.17. The zero-order valence-electron chi connectivity index (χ0n) is 29.0. The second-order valence-electron chi connectivity index (χ2n) is 12.8. The Labute approximate surface area is 309 Å². The van der Waals surface area contributed by atoms with Crippen LogP contribution < -0.4 is 9.80 Å². The lowest BCUT2D eigenvalue weighted by Gasteiger charge is -2.28. The molecular formula is C49H35N3O. The first-order valence-electron chi connectivity index (χ1n) is 17.8. The molecule has 0 bridgehead atoms. The zero-order chi connectivity index (χ0) is 35.4. The highest BCUT2D eigenvalue weighted by Gasteiger charge is 2.25. The Morgan fingerprint density at radius 2 is 0.642 bits per heavy atom. The van der Waals surface area contributed by atoms with Crippen LogP contribution in [0.4, 0.5) is 34.1 Å². The molecule has 1 heterocycles. The van der Waals surface area contributed by atoms with Crippen LogP contribution in [0.1, 0.15) is 0 Å². The van der Waals surface area contributed by atoms with Gasteiger partial charge >= 0.3 is 0 Å². The van der Waals surface area contributed by atoms with Crippen LogP contribution in [-0.4, -0.2) is 4.98 Å². The number of hydrogen-bond acceptors (Lipinski definition) is 4. The Morgan fingerprint density at radius 3 is 1.09 bits per heavy atom. The summed E-state index contributed by atoms with van der Waals surface area (Å²) in [5.74, 6) is 0.564. The lowest BCUT2D eigenvalue weighted by Crippen LogP contribution is -2.13. The number of aromatic nitrogens is 1. The van der Waals surface area contributed by atoms with Crippen molar-refractivity contribution in [3.63, 3.8) is 0 Å². The van der Waals surface area contributed by atoms with E-state index in [0.717, 1.165) is 56.3 Å². The van der Waals surface area contributed by atoms with Crippen LogP contribution in [0, 0.1) is 0 Å². The summed E-state index contributed by atoms with van der Waals surface area (Å²) in [7, 11) is 0. The maximum atomic E-state index is 6.86. The normalized spacial score (nSPS) is 11.0. The van der Waals surface area contributed by atoms with Gasteiger partial charge in [-0.25, -0.2) is 4.98 Å². The van der Waals surface area contributed by atoms with Crippen LogP contribution in [0.5, 0.6) is 0 Å². The number of benzene rings is 8. The van der Waals surface area contributed by atoms with E-state index in [-0.39, 0.29) is 0 Å². The number of hydrogen-bond donors (Lipinski definition) is 0. The van der Waals surface area contributed by atoms with Gasteiger partial charge in [0.2, 0.25) is 5.89 Å². The SMILES string of the molecule is c1ccc(-c2ccc(N(c3ccccc3)c3ccc(N(c4ccccc4)c4ccc(-c5ccccc5)cc4)c4oc(-c5ccccc5)nc34)cc2)cc1. The molecule has 8 aromatic carbocycles. The minimum absolute atomic E-state index is 0.564. The molecule has 0 atom stereocenters. The van der Waals surface area contributed by atoms with Crippen LogP contribution in [0.25, 0.3) is 44.8 Å². The molecule has 9 rings (SSSR count). The molecule has 0 aliphatic rings. The molecule has 53 heavy (non-hydrogen) atoms. The van der Waals surface area contributed by atoms with Gasteiger partial charge in [-0.3, -0.25) is 0 Å². The summed E-state index contributed by atoms with van der Waals surface area (Å²) in [5.41, 5.74) is 12.9. The average Bonchev–Trinajstić information content (AvgIpc) is 3.70. The minimum atomic E-state index is 0.564. The fourth-order valence-electron chi connectivity index (χ4n) is 6.92. The van der Waals surface area contributed by atoms with E-state index < -0.39 is 0 Å². The van der Waals surface area contributed by atoms with Gasteiger partial charge in [0.25, 0.3) is 0 Å². The van der Waals surface area contributed by atoms with Crippen molar-refractivity contribution in [2.45, 2.75) is 0 Å². The highest BCUT2D eigenvalue weighted by Crippen LogP contribution is 2.46. The lowest BCUT2D eigenvalue weighted by atomic mass is 10.0. The number of oxazole rings is 1. The third-order valence-corrected chi connectivity index (χ3v) is 9.50. The fraction of sp³-hybridized carbons (Fsp3) is 0. The Balaban J connectivity index is 1.24. The summed E-state index contributed by atoms with van der Waals surface area (Å²) in [6.45, 7) is 0. The minimum Gasteiger partial charge on any atom is -0.434 e. The van der Waals surface area contributed by atoms with Crippen LogP contribution >= 0.6 is 0 Å². The highest BCUT2D eigenvalue weighted by molar-refractivity contribution is 6.03. The average molecular weight is 682 g/mol. The smallest absolute Gasteiger partial charge is 0.227 e. The number of anilines is 6. The second kappa shape index (κ2) is 14.2. The molecule has 0 aliphatic carbocycles. The predicted molar refractivity (Wildman–Crippen MR) is 220 cm³/mol. The van der Waals surface area contributed by atoms with Crippen molar-refractivity contribution in [1.29, 1.82) is 0 Å². The third kappa shape index (κ3) is 6.35. The topological polar surface area (TPSA) is 32.5 Å². The van der Waals surface area contributed by atoms with E-state index in [4.69, 9.17) is 9.40 Å². The molecule has 0 radical (unpaired) electrons. The molecule has 0 saturated heterocycles. The van der Waals surface area contributed by atoms with Crippen molar-refractivity contribution in [3.05, 3.63) is 212 Å². The maximum absolute atomic E-state index is 6.86. The van der Waals surface area contributed by atoms with Gasteiger partial charge in [-0.05, 0) is 95.1 Å². The van der Waals surface area contributed by atoms with E-state index >= 15 is 0 Å². The molecule has 0 saturated carbocycles. The van der Waals surface area contributed by atoms with Gasteiger partial charge in [-0.2, -0.15) is 0 Å². The van der Waals surface area contributed by atoms with E-state index in [0.29, 0.717) is 11.5 Å². The van der Waals surface area contributed by atoms with Gasteiger partial charge in [0.15, 0.2) is 5.58 Å². The monoisotopic (exact) mass is 681 g/mol. The number of para-hydroxylation sites is 2. The predicted octanol–water partition coefficient (Wildman–Crippen LogP) is 13.8. The van der Waals surface area contributed by atoms with Crippen LogP contribution in [0.2, 0.25) is 0 Å². The first-order chi connectivity index (χ1) is 26.3. The lowest BCUT2D eigenvalue weighted by molar-refractivity contribution is 0.620. The molecule has 252 valence electrons. The van der Waals surface area contributed by atoms with Gasteiger partial charge < -0.3 is 14.2 Å². The number of rotatable bonds is 9. The van der Waals surface area contributed by atoms with Crippen molar-refractivity contribution in [2.24, 2.45) is 0 Å². The van der Waals surface area contributed by atoms with E-state index in [9.17, 15) is 0 Å². The molecule has 0 amide bonds. The van der Waals surface area contributed by atoms with Crippen molar-refractivity contribution in [2.75, 3.05) is 9.80 Å². The maximum Gasteiger partial charge on any atom is 0.227 e. The summed E-state index contributed by atoms with van der Waals surface area (Å²) in [5, 5.41) is 0. The highest BCUT2D eigenvalue weighted by atomic mass is 16.3. The Morgan fingerprint density at radius 1 is 0.302 bits per heavy atom. The molecule has 0 N–H and O–H groups in total. The van der Waals surface area contributed by atoms with Gasteiger partial charge in [-0.1, -0.05) is 140 Å². The summed E-state index contributed by atoms with van der Waals surface area (Å²) >= 11 is 0. The molecule has 9 aromatic rings. The summed E-state index contributed by atoms with van der Waals surface area (Å²) in [6.07, 6.45) is 0. The number of fused-ring (bicyclic) bond motifs is 1. The van der Waals surface area contributed by atoms with Crippen molar-refractivity contribution >= 4 is 45.2 Å². The van der Waals surface area contributed by atoms with Gasteiger partial charge in [-0.15, -0.1) is 0 Å². The van der Waals surface area contributed by atoms with E-state index in [2.05, 4.69) is 168 Å². The van der Waals surface area contributed by atoms with Crippen molar-refractivity contribution < 1.29 is 4.42 Å². The van der Waals surface area contributed by atoms with Crippen LogP contribution in [0.3, 0.4) is 0 Å². The number of nitrogens with zero attached hydrogens (tertiary/aromatic N) is 3. The summed E-state index contributed by atoms with van der Waals surface area (Å²) in [6, 6.07) is 73.7. The molecule has 0 fully saturated rings. The van der Waals surface area contributed by atoms with Crippen LogP contribution in [-0.2, 0) is 0 Å². The Kier molecular flexibility index (Phi) is 8.53. The van der Waals surface area contributed by atoms with Gasteiger partial charge in [0.05, 0.1) is 11.4 Å². The first kappa shape index (κ1) is 31.8.